The molecule has 3 N–H and O–H groups in total. The summed E-state index contributed by atoms with van der Waals surface area (Å²) in [5.41, 5.74) is -0.0994. The van der Waals surface area contributed by atoms with Gasteiger partial charge in [-0.1, -0.05) is 11.3 Å². The first-order valence-electron chi connectivity index (χ1n) is 8.95. The topological polar surface area (TPSA) is 129 Å². The molecular weight excluding hydrogens is 384 g/mol. The number of rotatable bonds is 5. The number of aryl methyl sites for hydroxylation is 1. The maximum atomic E-state index is 12.5. The normalized spacial score (nSPS) is 13.3. The SMILES string of the molecule is CC(C)NC(=O)Nc1nc2c(s1)CN(C(=O)CCn1ccc(=O)[nH]c1=O)CC2. The van der Waals surface area contributed by atoms with E-state index in [1.165, 1.54) is 28.2 Å². The number of nitrogens with zero attached hydrogens (tertiary/aromatic N) is 3. The molecule has 3 rings (SSSR count). The van der Waals surface area contributed by atoms with Crippen LogP contribution in [0.15, 0.2) is 21.9 Å². The lowest BCUT2D eigenvalue weighted by atomic mass is 10.1. The van der Waals surface area contributed by atoms with Crippen LogP contribution in [0, 0.1) is 0 Å². The number of nitrogens with one attached hydrogen (secondary N) is 3. The molecule has 3 amide bonds. The molecule has 150 valence electrons. The smallest absolute Gasteiger partial charge is 0.328 e. The van der Waals surface area contributed by atoms with Crippen molar-refractivity contribution < 1.29 is 9.59 Å². The highest BCUT2D eigenvalue weighted by Crippen LogP contribution is 2.28. The summed E-state index contributed by atoms with van der Waals surface area (Å²) < 4.78 is 1.30. The van der Waals surface area contributed by atoms with Gasteiger partial charge in [0.1, 0.15) is 0 Å². The summed E-state index contributed by atoms with van der Waals surface area (Å²) in [7, 11) is 0. The summed E-state index contributed by atoms with van der Waals surface area (Å²) in [6.45, 7) is 4.91. The van der Waals surface area contributed by atoms with Crippen LogP contribution in [0.3, 0.4) is 0 Å². The zero-order chi connectivity index (χ0) is 20.3. The Morgan fingerprint density at radius 1 is 1.36 bits per heavy atom. The Bertz CT molecular complexity index is 992. The Labute approximate surface area is 164 Å². The third kappa shape index (κ3) is 4.85. The summed E-state index contributed by atoms with van der Waals surface area (Å²) in [6.07, 6.45) is 2.15. The number of carbonyl (C=O) groups excluding carboxylic acids is 2. The minimum atomic E-state index is -0.529. The fourth-order valence-corrected chi connectivity index (χ4v) is 3.87. The fourth-order valence-electron chi connectivity index (χ4n) is 2.85. The van der Waals surface area contributed by atoms with Crippen LogP contribution in [0.1, 0.15) is 30.8 Å². The van der Waals surface area contributed by atoms with Crippen LogP contribution in [-0.2, 0) is 24.3 Å². The first-order chi connectivity index (χ1) is 13.3. The van der Waals surface area contributed by atoms with Gasteiger partial charge in [-0.15, -0.1) is 0 Å². The van der Waals surface area contributed by atoms with Gasteiger partial charge in [-0.3, -0.25) is 19.9 Å². The quantitative estimate of drug-likeness (QED) is 0.666. The summed E-state index contributed by atoms with van der Waals surface area (Å²) >= 11 is 1.36. The average molecular weight is 406 g/mol. The molecule has 0 saturated carbocycles. The maximum Gasteiger partial charge on any atom is 0.328 e. The largest absolute Gasteiger partial charge is 0.337 e. The Balaban J connectivity index is 1.58. The van der Waals surface area contributed by atoms with Crippen molar-refractivity contribution in [2.75, 3.05) is 11.9 Å². The van der Waals surface area contributed by atoms with E-state index in [1.54, 1.807) is 4.90 Å². The van der Waals surface area contributed by atoms with Crippen molar-refractivity contribution in [1.82, 2.24) is 24.8 Å². The first kappa shape index (κ1) is 19.8. The third-order valence-corrected chi connectivity index (χ3v) is 5.19. The number of carbonyl (C=O) groups is 2. The van der Waals surface area contributed by atoms with E-state index >= 15 is 0 Å². The molecule has 2 aromatic rings. The lowest BCUT2D eigenvalue weighted by Crippen LogP contribution is -2.37. The van der Waals surface area contributed by atoms with Crippen molar-refractivity contribution in [3.05, 3.63) is 43.7 Å². The van der Waals surface area contributed by atoms with E-state index in [9.17, 15) is 19.2 Å². The second-order valence-electron chi connectivity index (χ2n) is 6.76. The zero-order valence-corrected chi connectivity index (χ0v) is 16.5. The molecular formula is C17H22N6O4S. The Morgan fingerprint density at radius 2 is 2.14 bits per heavy atom. The molecule has 10 nitrogen and oxygen atoms in total. The molecule has 0 atom stereocenters. The summed E-state index contributed by atoms with van der Waals surface area (Å²) in [4.78, 5) is 56.4. The van der Waals surface area contributed by atoms with Gasteiger partial charge in [0.15, 0.2) is 5.13 Å². The summed E-state index contributed by atoms with van der Waals surface area (Å²) in [5, 5.41) is 5.97. The molecule has 11 heteroatoms. The number of hydrogen-bond acceptors (Lipinski definition) is 6. The molecule has 3 heterocycles. The Morgan fingerprint density at radius 3 is 2.86 bits per heavy atom. The maximum absolute atomic E-state index is 12.5. The minimum absolute atomic E-state index is 0.0256. The number of fused-ring (bicyclic) bond motifs is 1. The second kappa shape index (κ2) is 8.38. The standard InChI is InChI=1S/C17H22N6O4S/c1-10(2)18-15(26)21-16-19-11-3-6-23(9-12(11)28-16)14(25)5-8-22-7-4-13(24)20-17(22)27/h4,7,10H,3,5-6,8-9H2,1-2H3,(H,20,24,27)(H2,18,19,21,26). The Kier molecular flexibility index (Phi) is 5.93. The van der Waals surface area contributed by atoms with Gasteiger partial charge >= 0.3 is 11.7 Å². The van der Waals surface area contributed by atoms with E-state index in [-0.39, 0.29) is 30.9 Å². The monoisotopic (exact) mass is 406 g/mol. The van der Waals surface area contributed by atoms with Gasteiger partial charge in [0.2, 0.25) is 5.91 Å². The van der Waals surface area contributed by atoms with E-state index < -0.39 is 11.2 Å². The molecule has 0 bridgehead atoms. The third-order valence-electron chi connectivity index (χ3n) is 4.19. The number of amides is 3. The summed E-state index contributed by atoms with van der Waals surface area (Å²) in [6, 6.07) is 0.971. The molecule has 2 aromatic heterocycles. The highest BCUT2D eigenvalue weighted by Gasteiger charge is 2.24. The number of anilines is 1. The van der Waals surface area contributed by atoms with Crippen LogP contribution in [0.4, 0.5) is 9.93 Å². The summed E-state index contributed by atoms with van der Waals surface area (Å²) in [5.74, 6) is -0.0794. The van der Waals surface area contributed by atoms with E-state index in [1.807, 2.05) is 13.8 Å². The number of H-pyrrole nitrogens is 1. The van der Waals surface area contributed by atoms with E-state index in [0.717, 1.165) is 10.6 Å². The zero-order valence-electron chi connectivity index (χ0n) is 15.7. The average Bonchev–Trinajstić information content (AvgIpc) is 3.01. The molecule has 0 saturated heterocycles. The molecule has 0 unspecified atom stereocenters. The predicted molar refractivity (Wildman–Crippen MR) is 104 cm³/mol. The van der Waals surface area contributed by atoms with Gasteiger partial charge in [0.25, 0.3) is 5.56 Å². The highest BCUT2D eigenvalue weighted by molar-refractivity contribution is 7.15. The number of thiazole rings is 1. The molecule has 1 aliphatic heterocycles. The fraction of sp³-hybridized carbons (Fsp3) is 0.471. The van der Waals surface area contributed by atoms with Crippen molar-refractivity contribution in [2.24, 2.45) is 0 Å². The molecule has 0 radical (unpaired) electrons. The van der Waals surface area contributed by atoms with Crippen molar-refractivity contribution >= 4 is 28.4 Å². The predicted octanol–water partition coefficient (Wildman–Crippen LogP) is 0.498. The van der Waals surface area contributed by atoms with Crippen molar-refractivity contribution in [1.29, 1.82) is 0 Å². The second-order valence-corrected chi connectivity index (χ2v) is 7.84. The van der Waals surface area contributed by atoms with Crippen LogP contribution in [-0.4, -0.2) is 44.0 Å². The highest BCUT2D eigenvalue weighted by atomic mass is 32.1. The van der Waals surface area contributed by atoms with Crippen LogP contribution in [0.2, 0.25) is 0 Å². The van der Waals surface area contributed by atoms with Gasteiger partial charge < -0.3 is 14.8 Å². The van der Waals surface area contributed by atoms with Gasteiger partial charge in [-0.05, 0) is 13.8 Å². The first-order valence-corrected chi connectivity index (χ1v) is 9.77. The molecule has 0 aromatic carbocycles. The number of aromatic nitrogens is 3. The van der Waals surface area contributed by atoms with Gasteiger partial charge in [0.05, 0.1) is 12.2 Å². The van der Waals surface area contributed by atoms with Gasteiger partial charge in [0, 0.05) is 49.1 Å². The van der Waals surface area contributed by atoms with Crippen molar-refractivity contribution in [3.8, 4) is 0 Å². The number of hydrogen-bond donors (Lipinski definition) is 3. The number of urea groups is 1. The van der Waals surface area contributed by atoms with Crippen LogP contribution in [0.25, 0.3) is 0 Å². The van der Waals surface area contributed by atoms with Gasteiger partial charge in [-0.2, -0.15) is 0 Å². The molecule has 28 heavy (non-hydrogen) atoms. The van der Waals surface area contributed by atoms with Crippen molar-refractivity contribution in [3.63, 3.8) is 0 Å². The van der Waals surface area contributed by atoms with Gasteiger partial charge in [-0.25, -0.2) is 14.6 Å². The van der Waals surface area contributed by atoms with Crippen LogP contribution < -0.4 is 21.9 Å². The van der Waals surface area contributed by atoms with Crippen LogP contribution >= 0.6 is 11.3 Å². The van der Waals surface area contributed by atoms with E-state index in [4.69, 9.17) is 0 Å². The Hall–Kier alpha value is -2.95. The lowest BCUT2D eigenvalue weighted by Gasteiger charge is -2.26. The lowest BCUT2D eigenvalue weighted by molar-refractivity contribution is -0.132. The van der Waals surface area contributed by atoms with Crippen LogP contribution in [0.5, 0.6) is 0 Å². The molecule has 1 aliphatic rings. The minimum Gasteiger partial charge on any atom is -0.337 e. The van der Waals surface area contributed by atoms with E-state index in [0.29, 0.717) is 24.6 Å². The number of aromatic amines is 1. The molecule has 0 aliphatic carbocycles. The molecule has 0 fully saturated rings. The molecule has 0 spiro atoms. The van der Waals surface area contributed by atoms with Crippen molar-refractivity contribution in [2.45, 2.75) is 45.8 Å². The van der Waals surface area contributed by atoms with E-state index in [2.05, 4.69) is 20.6 Å².